The quantitative estimate of drug-likeness (QED) is 0.849. The second kappa shape index (κ2) is 4.84. The van der Waals surface area contributed by atoms with Crippen LogP contribution >= 0.6 is 0 Å². The van der Waals surface area contributed by atoms with Crippen LogP contribution < -0.4 is 5.73 Å². The summed E-state index contributed by atoms with van der Waals surface area (Å²) in [6, 6.07) is 11.7. The number of aryl methyl sites for hydroxylation is 2. The number of rotatable bonds is 3. The Balaban J connectivity index is 1.88. The van der Waals surface area contributed by atoms with Crippen LogP contribution in [-0.2, 0) is 12.8 Å². The molecule has 0 aromatic heterocycles. The number of benzene rings is 2. The molecule has 2 aliphatic carbocycles. The zero-order valence-electron chi connectivity index (χ0n) is 13.0. The zero-order chi connectivity index (χ0) is 14.4. The average molecular weight is 279 g/mol. The fraction of sp³-hybridized carbons (Fsp3) is 0.500. The van der Waals surface area contributed by atoms with Crippen molar-refractivity contribution in [3.8, 4) is 0 Å². The SMILES string of the molecule is CCC1(C(N)c2ccc3c4c(cccc24)CC3)CCCC1. The maximum Gasteiger partial charge on any atom is 0.0358 e. The Morgan fingerprint density at radius 2 is 1.76 bits per heavy atom. The number of hydrogen-bond donors (Lipinski definition) is 1. The maximum atomic E-state index is 6.83. The van der Waals surface area contributed by atoms with Crippen LogP contribution in [0, 0.1) is 5.41 Å². The molecule has 1 unspecified atom stereocenters. The van der Waals surface area contributed by atoms with Crippen LogP contribution in [0.3, 0.4) is 0 Å². The predicted molar refractivity (Wildman–Crippen MR) is 89.5 cm³/mol. The molecule has 1 atom stereocenters. The third-order valence-corrected chi connectivity index (χ3v) is 6.21. The highest BCUT2D eigenvalue weighted by molar-refractivity contribution is 5.93. The number of hydrogen-bond acceptors (Lipinski definition) is 1. The number of nitrogens with two attached hydrogens (primary N) is 1. The van der Waals surface area contributed by atoms with Gasteiger partial charge in [0, 0.05) is 6.04 Å². The van der Waals surface area contributed by atoms with Crippen molar-refractivity contribution in [1.82, 2.24) is 0 Å². The third-order valence-electron chi connectivity index (χ3n) is 6.21. The van der Waals surface area contributed by atoms with Crippen molar-refractivity contribution in [1.29, 1.82) is 0 Å². The van der Waals surface area contributed by atoms with Crippen molar-refractivity contribution in [3.05, 3.63) is 47.0 Å². The lowest BCUT2D eigenvalue weighted by Gasteiger charge is -2.35. The highest BCUT2D eigenvalue weighted by Gasteiger charge is 2.39. The van der Waals surface area contributed by atoms with E-state index in [0.29, 0.717) is 5.41 Å². The predicted octanol–water partition coefficient (Wildman–Crippen LogP) is 4.91. The minimum absolute atomic E-state index is 0.190. The molecule has 1 heteroatoms. The van der Waals surface area contributed by atoms with E-state index >= 15 is 0 Å². The van der Waals surface area contributed by atoms with Crippen molar-refractivity contribution in [3.63, 3.8) is 0 Å². The monoisotopic (exact) mass is 279 g/mol. The van der Waals surface area contributed by atoms with Gasteiger partial charge in [0.25, 0.3) is 0 Å². The van der Waals surface area contributed by atoms with E-state index in [2.05, 4.69) is 37.3 Å². The van der Waals surface area contributed by atoms with E-state index in [1.165, 1.54) is 72.4 Å². The van der Waals surface area contributed by atoms with Crippen LogP contribution in [0.1, 0.15) is 61.8 Å². The van der Waals surface area contributed by atoms with Gasteiger partial charge in [0.15, 0.2) is 0 Å². The molecule has 0 saturated heterocycles. The molecule has 1 fully saturated rings. The summed E-state index contributed by atoms with van der Waals surface area (Å²) in [6.07, 6.45) is 8.90. The average Bonchev–Trinajstić information content (AvgIpc) is 3.16. The summed E-state index contributed by atoms with van der Waals surface area (Å²) in [4.78, 5) is 0. The van der Waals surface area contributed by atoms with Crippen LogP contribution in [0.15, 0.2) is 30.3 Å². The van der Waals surface area contributed by atoms with Crippen LogP contribution in [-0.4, -0.2) is 0 Å². The Labute approximate surface area is 127 Å². The first-order valence-corrected chi connectivity index (χ1v) is 8.54. The van der Waals surface area contributed by atoms with Gasteiger partial charge in [-0.25, -0.2) is 0 Å². The summed E-state index contributed by atoms with van der Waals surface area (Å²) >= 11 is 0. The minimum Gasteiger partial charge on any atom is -0.323 e. The highest BCUT2D eigenvalue weighted by atomic mass is 14.7. The molecular weight excluding hydrogens is 254 g/mol. The van der Waals surface area contributed by atoms with Crippen molar-refractivity contribution >= 4 is 10.8 Å². The Hall–Kier alpha value is -1.34. The van der Waals surface area contributed by atoms with Gasteiger partial charge >= 0.3 is 0 Å². The van der Waals surface area contributed by atoms with Gasteiger partial charge in [-0.15, -0.1) is 0 Å². The van der Waals surface area contributed by atoms with E-state index < -0.39 is 0 Å². The third kappa shape index (κ3) is 1.87. The second-order valence-electron chi connectivity index (χ2n) is 7.05. The molecule has 0 heterocycles. The first kappa shape index (κ1) is 13.3. The van der Waals surface area contributed by atoms with E-state index in [1.807, 2.05) is 0 Å². The Kier molecular flexibility index (Phi) is 3.08. The fourth-order valence-corrected chi connectivity index (χ4v) is 4.83. The Morgan fingerprint density at radius 1 is 1.05 bits per heavy atom. The summed E-state index contributed by atoms with van der Waals surface area (Å²) in [7, 11) is 0. The molecule has 0 bridgehead atoms. The van der Waals surface area contributed by atoms with Gasteiger partial charge in [-0.05, 0) is 65.0 Å². The van der Waals surface area contributed by atoms with Crippen LogP contribution in [0.25, 0.3) is 10.8 Å². The van der Waals surface area contributed by atoms with E-state index in [0.717, 1.165) is 0 Å². The van der Waals surface area contributed by atoms with Gasteiger partial charge in [-0.2, -0.15) is 0 Å². The Bertz CT molecular complexity index is 669. The fourth-order valence-electron chi connectivity index (χ4n) is 4.83. The molecule has 4 rings (SSSR count). The van der Waals surface area contributed by atoms with Gasteiger partial charge in [-0.1, -0.05) is 50.1 Å². The summed E-state index contributed by atoms with van der Waals surface area (Å²) in [5, 5.41) is 2.93. The molecule has 2 N–H and O–H groups in total. The van der Waals surface area contributed by atoms with E-state index in [1.54, 1.807) is 0 Å². The first-order valence-electron chi connectivity index (χ1n) is 8.54. The molecule has 1 nitrogen and oxygen atoms in total. The summed E-state index contributed by atoms with van der Waals surface area (Å²) in [6.45, 7) is 2.32. The van der Waals surface area contributed by atoms with Gasteiger partial charge < -0.3 is 5.73 Å². The molecule has 0 spiro atoms. The van der Waals surface area contributed by atoms with Crippen LogP contribution in [0.4, 0.5) is 0 Å². The van der Waals surface area contributed by atoms with Crippen molar-refractivity contribution < 1.29 is 0 Å². The Morgan fingerprint density at radius 3 is 2.48 bits per heavy atom. The molecule has 0 radical (unpaired) electrons. The van der Waals surface area contributed by atoms with Gasteiger partial charge in [0.1, 0.15) is 0 Å². The summed E-state index contributed by atoms with van der Waals surface area (Å²) < 4.78 is 0. The molecule has 2 aromatic rings. The van der Waals surface area contributed by atoms with E-state index in [4.69, 9.17) is 5.73 Å². The maximum absolute atomic E-state index is 6.83. The van der Waals surface area contributed by atoms with E-state index in [9.17, 15) is 0 Å². The largest absolute Gasteiger partial charge is 0.323 e. The molecule has 2 aromatic carbocycles. The van der Waals surface area contributed by atoms with Gasteiger partial charge in [0.2, 0.25) is 0 Å². The van der Waals surface area contributed by atoms with Crippen LogP contribution in [0.2, 0.25) is 0 Å². The first-order chi connectivity index (χ1) is 10.2. The minimum atomic E-state index is 0.190. The topological polar surface area (TPSA) is 26.0 Å². The van der Waals surface area contributed by atoms with Gasteiger partial charge in [-0.3, -0.25) is 0 Å². The molecule has 0 aliphatic heterocycles. The highest BCUT2D eigenvalue weighted by Crippen LogP contribution is 2.50. The second-order valence-corrected chi connectivity index (χ2v) is 7.05. The van der Waals surface area contributed by atoms with E-state index in [-0.39, 0.29) is 6.04 Å². The standard InChI is InChI=1S/C20H25N/c1-2-20(12-3-4-13-20)19(21)17-11-10-15-9-8-14-6-5-7-16(17)18(14)15/h5-7,10-11,19H,2-4,8-9,12-13,21H2,1H3. The zero-order valence-corrected chi connectivity index (χ0v) is 13.0. The van der Waals surface area contributed by atoms with Crippen molar-refractivity contribution in [2.75, 3.05) is 0 Å². The molecular formula is C20H25N. The lowest BCUT2D eigenvalue weighted by Crippen LogP contribution is -2.31. The molecule has 1 saturated carbocycles. The summed E-state index contributed by atoms with van der Waals surface area (Å²) in [5.74, 6) is 0. The van der Waals surface area contributed by atoms with Crippen molar-refractivity contribution in [2.45, 2.75) is 57.9 Å². The molecule has 0 amide bonds. The lowest BCUT2D eigenvalue weighted by molar-refractivity contribution is 0.223. The molecule has 2 aliphatic rings. The smallest absolute Gasteiger partial charge is 0.0358 e. The lowest BCUT2D eigenvalue weighted by atomic mass is 9.73. The summed E-state index contributed by atoms with van der Waals surface area (Å²) in [5.41, 5.74) is 11.6. The normalized spacial score (nSPS) is 21.0. The molecule has 110 valence electrons. The van der Waals surface area contributed by atoms with Crippen molar-refractivity contribution in [2.24, 2.45) is 11.1 Å². The molecule has 21 heavy (non-hydrogen) atoms. The van der Waals surface area contributed by atoms with Gasteiger partial charge in [0.05, 0.1) is 0 Å². The van der Waals surface area contributed by atoms with Crippen LogP contribution in [0.5, 0.6) is 0 Å².